The van der Waals surface area contributed by atoms with Crippen LogP contribution in [-0.2, 0) is 10.0 Å². The molecule has 0 unspecified atom stereocenters. The Kier molecular flexibility index (Phi) is 7.52. The molecule has 0 saturated carbocycles. The molecule has 0 bridgehead atoms. The van der Waals surface area contributed by atoms with E-state index in [9.17, 15) is 8.42 Å². The summed E-state index contributed by atoms with van der Waals surface area (Å²) in [6.45, 7) is 6.17. The van der Waals surface area contributed by atoms with Gasteiger partial charge in [-0.05, 0) is 92.6 Å². The van der Waals surface area contributed by atoms with E-state index in [0.29, 0.717) is 27.3 Å². The summed E-state index contributed by atoms with van der Waals surface area (Å²) in [6, 6.07) is 18.6. The fourth-order valence-electron chi connectivity index (χ4n) is 5.37. The van der Waals surface area contributed by atoms with Gasteiger partial charge in [-0.3, -0.25) is 9.71 Å². The molecule has 8 nitrogen and oxygen atoms in total. The van der Waals surface area contributed by atoms with Crippen molar-refractivity contribution >= 4 is 50.3 Å². The maximum absolute atomic E-state index is 12.1. The number of anilines is 2. The van der Waals surface area contributed by atoms with Crippen LogP contribution in [0.2, 0.25) is 5.02 Å². The second kappa shape index (κ2) is 10.8. The number of pyridine rings is 1. The fourth-order valence-corrected chi connectivity index (χ4v) is 6.44. The topological polar surface area (TPSA) is 88.5 Å². The number of thiocarbonyl (C=S) groups is 1. The van der Waals surface area contributed by atoms with E-state index < -0.39 is 10.0 Å². The van der Waals surface area contributed by atoms with Crippen LogP contribution in [0.1, 0.15) is 40.3 Å². The molecule has 1 fully saturated rings. The second-order valence-electron chi connectivity index (χ2n) is 9.80. The molecular formula is C29H30ClN5O3S2. The van der Waals surface area contributed by atoms with Crippen LogP contribution >= 0.6 is 23.8 Å². The predicted octanol–water partition coefficient (Wildman–Crippen LogP) is 6.01. The van der Waals surface area contributed by atoms with E-state index in [2.05, 4.69) is 45.6 Å². The quantitative estimate of drug-likeness (QED) is 0.253. The number of halogens is 1. The first-order valence-electron chi connectivity index (χ1n) is 12.6. The van der Waals surface area contributed by atoms with Gasteiger partial charge in [-0.1, -0.05) is 23.7 Å². The molecule has 2 atom stereocenters. The van der Waals surface area contributed by atoms with E-state index in [1.807, 2.05) is 48.2 Å². The minimum Gasteiger partial charge on any atom is -0.495 e. The van der Waals surface area contributed by atoms with Crippen LogP contribution in [0.15, 0.2) is 66.9 Å². The van der Waals surface area contributed by atoms with Crippen LogP contribution in [-0.4, -0.2) is 36.4 Å². The first-order valence-corrected chi connectivity index (χ1v) is 15.3. The summed E-state index contributed by atoms with van der Waals surface area (Å²) in [6.07, 6.45) is 2.87. The van der Waals surface area contributed by atoms with Crippen molar-refractivity contribution in [3.63, 3.8) is 0 Å². The summed E-state index contributed by atoms with van der Waals surface area (Å²) in [7, 11) is -2.05. The predicted molar refractivity (Wildman–Crippen MR) is 164 cm³/mol. The van der Waals surface area contributed by atoms with Crippen molar-refractivity contribution in [2.75, 3.05) is 23.0 Å². The van der Waals surface area contributed by atoms with Gasteiger partial charge in [-0.25, -0.2) is 8.42 Å². The lowest BCUT2D eigenvalue weighted by Gasteiger charge is -2.29. The number of nitrogens with zero attached hydrogens (tertiary/aromatic N) is 3. The zero-order chi connectivity index (χ0) is 28.8. The molecule has 1 aliphatic heterocycles. The molecule has 2 aromatic carbocycles. The van der Waals surface area contributed by atoms with Gasteiger partial charge in [0.1, 0.15) is 5.75 Å². The van der Waals surface area contributed by atoms with Crippen LogP contribution in [0.3, 0.4) is 0 Å². The Morgan fingerprint density at radius 1 is 1.07 bits per heavy atom. The molecule has 11 heteroatoms. The van der Waals surface area contributed by atoms with Crippen molar-refractivity contribution in [3.8, 4) is 11.4 Å². The van der Waals surface area contributed by atoms with Crippen LogP contribution in [0.5, 0.6) is 5.75 Å². The van der Waals surface area contributed by atoms with E-state index in [1.165, 1.54) is 7.11 Å². The molecule has 0 amide bonds. The molecule has 0 aliphatic carbocycles. The zero-order valence-electron chi connectivity index (χ0n) is 22.8. The highest BCUT2D eigenvalue weighted by atomic mass is 35.5. The highest BCUT2D eigenvalue weighted by molar-refractivity contribution is 7.92. The van der Waals surface area contributed by atoms with E-state index in [-0.39, 0.29) is 12.1 Å². The van der Waals surface area contributed by atoms with Gasteiger partial charge in [0.2, 0.25) is 10.0 Å². The zero-order valence-corrected chi connectivity index (χ0v) is 25.2. The van der Waals surface area contributed by atoms with Gasteiger partial charge in [0, 0.05) is 34.0 Å². The van der Waals surface area contributed by atoms with Gasteiger partial charge >= 0.3 is 0 Å². The number of aryl methyl sites for hydroxylation is 1. The van der Waals surface area contributed by atoms with Gasteiger partial charge in [-0.2, -0.15) is 0 Å². The van der Waals surface area contributed by atoms with Crippen molar-refractivity contribution in [2.24, 2.45) is 0 Å². The average molecular weight is 596 g/mol. The summed E-state index contributed by atoms with van der Waals surface area (Å²) in [5, 5.41) is 4.68. The number of rotatable bonds is 7. The number of hydrogen-bond acceptors (Lipinski definition) is 5. The first-order chi connectivity index (χ1) is 19.0. The number of ether oxygens (including phenoxy) is 1. The monoisotopic (exact) mass is 595 g/mol. The number of methoxy groups -OCH3 is 1. The third kappa shape index (κ3) is 5.14. The summed E-state index contributed by atoms with van der Waals surface area (Å²) in [4.78, 5) is 6.66. The number of benzene rings is 2. The molecule has 208 valence electrons. The molecule has 3 heterocycles. The lowest BCUT2D eigenvalue weighted by molar-refractivity contribution is 0.417. The summed E-state index contributed by atoms with van der Waals surface area (Å²) >= 11 is 12.4. The maximum atomic E-state index is 12.1. The van der Waals surface area contributed by atoms with Gasteiger partial charge in [0.25, 0.3) is 0 Å². The molecule has 2 N–H and O–H groups in total. The molecule has 0 radical (unpaired) electrons. The van der Waals surface area contributed by atoms with E-state index in [0.717, 1.165) is 40.2 Å². The minimum absolute atomic E-state index is 0.267. The Labute approximate surface area is 245 Å². The average Bonchev–Trinajstić information content (AvgIpc) is 3.40. The Bertz CT molecular complexity index is 1710. The van der Waals surface area contributed by atoms with E-state index in [4.69, 9.17) is 28.6 Å². The standard InChI is InChI=1S/C29H30ClN5O3S2/c1-17-15-21(19(3)34(17)25-11-8-9-22(30)18(25)2)28-27(23-10-6-7-14-31-23)32-29(39)35(28)20-12-13-26(38-4)24(16-20)33-40(5,36)37/h6-16,27-28,33H,1-5H3,(H,32,39)/t27-,28-/m0/s1. The number of aromatic nitrogens is 2. The van der Waals surface area contributed by atoms with Crippen molar-refractivity contribution in [3.05, 3.63) is 100 Å². The van der Waals surface area contributed by atoms with Crippen LogP contribution in [0, 0.1) is 20.8 Å². The largest absolute Gasteiger partial charge is 0.495 e. The van der Waals surface area contributed by atoms with Crippen LogP contribution in [0.25, 0.3) is 5.69 Å². The highest BCUT2D eigenvalue weighted by Gasteiger charge is 2.42. The van der Waals surface area contributed by atoms with Crippen LogP contribution in [0.4, 0.5) is 11.4 Å². The molecule has 1 aliphatic rings. The Morgan fingerprint density at radius 2 is 1.85 bits per heavy atom. The molecule has 1 saturated heterocycles. The number of nitrogens with one attached hydrogen (secondary N) is 2. The normalized spacial score (nSPS) is 17.1. The molecule has 0 spiro atoms. The summed E-state index contributed by atoms with van der Waals surface area (Å²) in [5.41, 5.74) is 6.99. The lowest BCUT2D eigenvalue weighted by atomic mass is 9.96. The Morgan fingerprint density at radius 3 is 2.52 bits per heavy atom. The van der Waals surface area contributed by atoms with Crippen molar-refractivity contribution in [1.29, 1.82) is 0 Å². The van der Waals surface area contributed by atoms with Crippen LogP contribution < -0.4 is 19.7 Å². The lowest BCUT2D eigenvalue weighted by Crippen LogP contribution is -2.29. The minimum atomic E-state index is -3.55. The second-order valence-corrected chi connectivity index (χ2v) is 12.3. The summed E-state index contributed by atoms with van der Waals surface area (Å²) < 4.78 is 34.4. The molecule has 40 heavy (non-hydrogen) atoms. The molecule has 5 rings (SSSR count). The Hall–Kier alpha value is -3.60. The van der Waals surface area contributed by atoms with Gasteiger partial charge in [0.05, 0.1) is 36.8 Å². The van der Waals surface area contributed by atoms with Gasteiger partial charge < -0.3 is 19.5 Å². The number of hydrogen-bond donors (Lipinski definition) is 2. The van der Waals surface area contributed by atoms with Crippen molar-refractivity contribution in [2.45, 2.75) is 32.9 Å². The smallest absolute Gasteiger partial charge is 0.229 e. The van der Waals surface area contributed by atoms with E-state index >= 15 is 0 Å². The summed E-state index contributed by atoms with van der Waals surface area (Å²) in [5.74, 6) is 0.402. The molecule has 2 aromatic heterocycles. The van der Waals surface area contributed by atoms with Gasteiger partial charge in [-0.15, -0.1) is 0 Å². The fraction of sp³-hybridized carbons (Fsp3) is 0.241. The third-order valence-corrected chi connectivity index (χ3v) is 8.44. The van der Waals surface area contributed by atoms with Crippen molar-refractivity contribution in [1.82, 2.24) is 14.9 Å². The molecular weight excluding hydrogens is 566 g/mol. The third-order valence-electron chi connectivity index (χ3n) is 7.12. The maximum Gasteiger partial charge on any atom is 0.229 e. The van der Waals surface area contributed by atoms with E-state index in [1.54, 1.807) is 18.3 Å². The van der Waals surface area contributed by atoms with Crippen molar-refractivity contribution < 1.29 is 13.2 Å². The SMILES string of the molecule is COc1ccc(N2C(=S)N[C@@H](c3ccccn3)[C@@H]2c2cc(C)n(-c3cccc(Cl)c3C)c2C)cc1NS(C)(=O)=O. The highest BCUT2D eigenvalue weighted by Crippen LogP contribution is 2.45. The first kappa shape index (κ1) is 27.9. The Balaban J connectivity index is 1.70. The molecule has 4 aromatic rings. The number of sulfonamides is 1. The van der Waals surface area contributed by atoms with Gasteiger partial charge in [0.15, 0.2) is 5.11 Å².